The molecule has 0 aromatic heterocycles. The maximum absolute atomic E-state index is 4.30. The van der Waals surface area contributed by atoms with Gasteiger partial charge < -0.3 is 9.30 Å². The molecule has 0 aliphatic carbocycles. The van der Waals surface area contributed by atoms with Crippen molar-refractivity contribution >= 4 is 37.3 Å². The van der Waals surface area contributed by atoms with Crippen LogP contribution in [0.15, 0.2) is 0 Å². The average Bonchev–Trinajstić information content (AvgIpc) is 1.86. The zero-order valence-corrected chi connectivity index (χ0v) is 21.9. The molecule has 0 aromatic carbocycles. The van der Waals surface area contributed by atoms with Gasteiger partial charge in [0.25, 0.3) is 0 Å². The summed E-state index contributed by atoms with van der Waals surface area (Å²) in [6.45, 7) is 13.5. The van der Waals surface area contributed by atoms with E-state index in [9.17, 15) is 0 Å². The maximum atomic E-state index is 4.30. The predicted octanol–water partition coefficient (Wildman–Crippen LogP) is -5.04. The maximum Gasteiger partial charge on any atom is 1.00 e. The van der Waals surface area contributed by atoms with E-state index in [0.29, 0.717) is 0 Å². The first kappa shape index (κ1) is 25.6. The van der Waals surface area contributed by atoms with E-state index >= 15 is 0 Å². The fourth-order valence-corrected chi connectivity index (χ4v) is 0. The van der Waals surface area contributed by atoms with Crippen molar-refractivity contribution in [3.63, 3.8) is 0 Å². The topological polar surface area (TPSA) is 28.2 Å². The van der Waals surface area contributed by atoms with Crippen molar-refractivity contribution in [1.82, 2.24) is 0 Å². The van der Waals surface area contributed by atoms with E-state index in [4.69, 9.17) is 0 Å². The minimum Gasteiger partial charge on any atom is -0.675 e. The Hall–Kier alpha value is 2.79. The number of nitrogens with zero attached hydrogens (tertiary/aromatic N) is 2. The summed E-state index contributed by atoms with van der Waals surface area (Å²) in [7, 11) is 0.181. The second-order valence-corrected chi connectivity index (χ2v) is 17.0. The molecule has 0 rings (SSSR count). The summed E-state index contributed by atoms with van der Waals surface area (Å²) in [6.07, 6.45) is 0. The third-order valence-corrected chi connectivity index (χ3v) is 12.1. The summed E-state index contributed by atoms with van der Waals surface area (Å²) >= 11 is 0. The van der Waals surface area contributed by atoms with Gasteiger partial charge in [-0.2, -0.15) is 0 Å². The molecule has 76 valence electrons. The molecule has 0 amide bonds. The molecule has 0 bridgehead atoms. The molecule has 0 aromatic rings. The minimum absolute atomic E-state index is 0. The normalized spacial score (nSPS) is 10.7. The first-order valence-corrected chi connectivity index (χ1v) is 13.0. The van der Waals surface area contributed by atoms with Gasteiger partial charge in [0, 0.05) is 0 Å². The summed E-state index contributed by atoms with van der Waals surface area (Å²) in [6, 6.07) is 0. The van der Waals surface area contributed by atoms with E-state index in [1.165, 1.54) is 0 Å². The van der Waals surface area contributed by atoms with Crippen molar-refractivity contribution in [2.24, 2.45) is 0 Å². The van der Waals surface area contributed by atoms with Crippen LogP contribution in [0.1, 0.15) is 0 Å². The van der Waals surface area contributed by atoms with Crippen LogP contribution in [0.4, 0.5) is 0 Å². The zero-order valence-electron chi connectivity index (χ0n) is 11.9. The molecule has 0 saturated heterocycles. The molecule has 0 aliphatic rings. The van der Waals surface area contributed by atoms with Crippen molar-refractivity contribution in [3.05, 3.63) is 9.30 Å². The van der Waals surface area contributed by atoms with Crippen LogP contribution < -0.4 is 59.1 Å². The Morgan fingerprint density at radius 3 is 0.714 bits per heavy atom. The molecule has 0 N–H and O–H groups in total. The zero-order chi connectivity index (χ0) is 10.4. The van der Waals surface area contributed by atoms with Gasteiger partial charge in [-0.05, 0) is 0 Å². The summed E-state index contributed by atoms with van der Waals surface area (Å²) in [4.78, 5) is 0. The first-order chi connectivity index (χ1) is 5.12. The fourth-order valence-electron chi connectivity index (χ4n) is 0. The van der Waals surface area contributed by atoms with Crippen LogP contribution in [0.3, 0.4) is 0 Å². The van der Waals surface area contributed by atoms with Crippen LogP contribution in [-0.2, 0) is 0 Å². The van der Waals surface area contributed by atoms with Gasteiger partial charge in [-0.1, -0.05) is 55.8 Å². The molecule has 2 nitrogen and oxygen atoms in total. The Labute approximate surface area is 143 Å². The third kappa shape index (κ3) is 36.4. The Morgan fingerprint density at radius 1 is 0.643 bits per heavy atom. The molecule has 0 aliphatic heterocycles. The van der Waals surface area contributed by atoms with Crippen molar-refractivity contribution < 1.29 is 59.1 Å². The molecule has 8 heteroatoms. The largest absolute Gasteiger partial charge is 1.00 e. The van der Waals surface area contributed by atoms with Crippen molar-refractivity contribution in [2.45, 2.75) is 39.3 Å². The summed E-state index contributed by atoms with van der Waals surface area (Å²) in [5.74, 6) is 0. The smallest absolute Gasteiger partial charge is 0.675 e. The summed E-state index contributed by atoms with van der Waals surface area (Å²) < 4.78 is 8.60. The van der Waals surface area contributed by atoms with E-state index in [1.807, 2.05) is 0 Å². The van der Waals surface area contributed by atoms with E-state index in [2.05, 4.69) is 48.6 Å². The van der Waals surface area contributed by atoms with Crippen LogP contribution in [-0.4, -0.2) is 37.3 Å². The van der Waals surface area contributed by atoms with E-state index in [0.717, 1.165) is 20.8 Å². The van der Waals surface area contributed by atoms with Gasteiger partial charge in [0.1, 0.15) is 0 Å². The second-order valence-electron chi connectivity index (χ2n) is 4.79. The SMILES string of the molecule is C[Si](C)(C)[N-][SiH3].C[Si](C)(C)[N-][SiH3].[Na+].[Na+]. The Bertz CT molecular complexity index is 99.4. The predicted molar refractivity (Wildman–Crippen MR) is 73.3 cm³/mol. The Morgan fingerprint density at radius 2 is 0.714 bits per heavy atom. The van der Waals surface area contributed by atoms with Crippen LogP contribution >= 0.6 is 0 Å². The molecule has 14 heavy (non-hydrogen) atoms. The van der Waals surface area contributed by atoms with Gasteiger partial charge in [0.15, 0.2) is 0 Å². The van der Waals surface area contributed by atoms with Crippen molar-refractivity contribution in [1.29, 1.82) is 0 Å². The molecule has 0 atom stereocenters. The van der Waals surface area contributed by atoms with Gasteiger partial charge in [-0.15, -0.1) is 20.8 Å². The molecule has 0 unspecified atom stereocenters. The summed E-state index contributed by atoms with van der Waals surface area (Å²) in [5.41, 5.74) is 0. The van der Waals surface area contributed by atoms with E-state index in [-0.39, 0.29) is 59.1 Å². The fraction of sp³-hybridized carbons (Fsp3) is 1.00. The molecule has 0 saturated carbocycles. The quantitative estimate of drug-likeness (QED) is 0.454. The van der Waals surface area contributed by atoms with Crippen LogP contribution in [0.5, 0.6) is 0 Å². The van der Waals surface area contributed by atoms with Gasteiger partial charge in [0.05, 0.1) is 0 Å². The Balaban J connectivity index is -0.0000000625. The Kier molecular flexibility index (Phi) is 22.4. The number of hydrogen-bond acceptors (Lipinski definition) is 0. The van der Waals surface area contributed by atoms with Crippen LogP contribution in [0.25, 0.3) is 9.30 Å². The van der Waals surface area contributed by atoms with E-state index < -0.39 is 16.5 Å². The number of hydrogen-bond donors (Lipinski definition) is 0. The van der Waals surface area contributed by atoms with E-state index in [1.54, 1.807) is 0 Å². The van der Waals surface area contributed by atoms with Crippen molar-refractivity contribution in [3.8, 4) is 0 Å². The summed E-state index contributed by atoms with van der Waals surface area (Å²) in [5, 5.41) is 0. The molecule has 0 radical (unpaired) electrons. The van der Waals surface area contributed by atoms with Gasteiger partial charge in [-0.25, -0.2) is 0 Å². The van der Waals surface area contributed by atoms with Crippen molar-refractivity contribution in [2.75, 3.05) is 0 Å². The molecule has 0 heterocycles. The van der Waals surface area contributed by atoms with Gasteiger partial charge in [-0.3, -0.25) is 0 Å². The molecule has 0 spiro atoms. The minimum atomic E-state index is -0.944. The molecule has 0 fully saturated rings. The molecular formula is C6H24N2Na2Si4. The average molecular weight is 283 g/mol. The van der Waals surface area contributed by atoms with Crippen LogP contribution in [0.2, 0.25) is 39.3 Å². The first-order valence-electron chi connectivity index (χ1n) is 4.34. The standard InChI is InChI=1S/2C3H12NSi2.2Na/c2*1-6(2,3)4-5;;/h2*1-3,5H3;;/q2*-1;2*+1. The van der Waals surface area contributed by atoms with Crippen LogP contribution in [0, 0.1) is 0 Å². The van der Waals surface area contributed by atoms with Gasteiger partial charge >= 0.3 is 59.1 Å². The van der Waals surface area contributed by atoms with Gasteiger partial charge in [0.2, 0.25) is 0 Å². The molecular weight excluding hydrogens is 258 g/mol. The monoisotopic (exact) mass is 282 g/mol. The second kappa shape index (κ2) is 12.2. The number of rotatable bonds is 2. The third-order valence-electron chi connectivity index (χ3n) is 1.34.